The average Bonchev–Trinajstić information content (AvgIpc) is 2.28. The number of aromatic nitrogens is 2. The fraction of sp³-hybridized carbons (Fsp3) is 0.600. The Balaban J connectivity index is 2.78. The lowest BCUT2D eigenvalue weighted by Gasteiger charge is -2.23. The van der Waals surface area contributed by atoms with E-state index in [0.29, 0.717) is 37.9 Å². The van der Waals surface area contributed by atoms with Crippen LogP contribution in [0.2, 0.25) is 0 Å². The summed E-state index contributed by atoms with van der Waals surface area (Å²) in [7, 11) is 3.30. The molecule has 1 heterocycles. The number of nitrogens with two attached hydrogens (primary N) is 2. The Morgan fingerprint density at radius 3 is 2.18 bits per heavy atom. The zero-order valence-corrected chi connectivity index (χ0v) is 10.2. The van der Waals surface area contributed by atoms with E-state index in [0.717, 1.165) is 0 Å². The maximum atomic E-state index is 5.63. The molecule has 0 aliphatic rings. The van der Waals surface area contributed by atoms with E-state index in [9.17, 15) is 0 Å². The van der Waals surface area contributed by atoms with Gasteiger partial charge in [-0.1, -0.05) is 0 Å². The number of ether oxygens (including phenoxy) is 2. The SMILES string of the molecule is COCCN(CCOC)c1cc(N)nc(N)n1. The second-order valence-electron chi connectivity index (χ2n) is 3.48. The molecule has 1 rings (SSSR count). The van der Waals surface area contributed by atoms with Crippen LogP contribution in [0.1, 0.15) is 0 Å². The van der Waals surface area contributed by atoms with Crippen LogP contribution in [0.5, 0.6) is 0 Å². The van der Waals surface area contributed by atoms with Crippen molar-refractivity contribution in [3.05, 3.63) is 6.07 Å². The van der Waals surface area contributed by atoms with E-state index in [1.165, 1.54) is 0 Å². The molecule has 4 N–H and O–H groups in total. The Hall–Kier alpha value is -1.60. The minimum Gasteiger partial charge on any atom is -0.383 e. The van der Waals surface area contributed by atoms with Crippen LogP contribution in [0.25, 0.3) is 0 Å². The van der Waals surface area contributed by atoms with Crippen LogP contribution in [0, 0.1) is 0 Å². The number of rotatable bonds is 7. The van der Waals surface area contributed by atoms with Gasteiger partial charge in [0, 0.05) is 33.4 Å². The highest BCUT2D eigenvalue weighted by Gasteiger charge is 2.09. The summed E-state index contributed by atoms with van der Waals surface area (Å²) in [4.78, 5) is 9.96. The summed E-state index contributed by atoms with van der Waals surface area (Å²) in [5.74, 6) is 1.20. The third kappa shape index (κ3) is 4.41. The molecule has 0 bridgehead atoms. The first-order valence-electron chi connectivity index (χ1n) is 5.30. The number of hydrogen-bond acceptors (Lipinski definition) is 7. The van der Waals surface area contributed by atoms with Crippen LogP contribution in [0.4, 0.5) is 17.6 Å². The molecule has 7 nitrogen and oxygen atoms in total. The van der Waals surface area contributed by atoms with E-state index in [4.69, 9.17) is 20.9 Å². The number of anilines is 3. The van der Waals surface area contributed by atoms with Gasteiger partial charge in [-0.25, -0.2) is 0 Å². The summed E-state index contributed by atoms with van der Waals surface area (Å²) in [5, 5.41) is 0. The summed E-state index contributed by atoms with van der Waals surface area (Å²) in [6, 6.07) is 1.68. The van der Waals surface area contributed by atoms with Gasteiger partial charge < -0.3 is 25.8 Å². The lowest BCUT2D eigenvalue weighted by atomic mass is 10.4. The summed E-state index contributed by atoms with van der Waals surface area (Å²) < 4.78 is 10.1. The van der Waals surface area contributed by atoms with Crippen molar-refractivity contribution in [1.29, 1.82) is 0 Å². The van der Waals surface area contributed by atoms with E-state index < -0.39 is 0 Å². The molecule has 0 aliphatic carbocycles. The Bertz CT molecular complexity index is 319. The van der Waals surface area contributed by atoms with E-state index in [-0.39, 0.29) is 5.95 Å². The third-order valence-electron chi connectivity index (χ3n) is 2.20. The first-order valence-corrected chi connectivity index (χ1v) is 5.30. The molecule has 0 saturated heterocycles. The summed E-state index contributed by atoms with van der Waals surface area (Å²) >= 11 is 0. The van der Waals surface area contributed by atoms with Gasteiger partial charge in [0.05, 0.1) is 13.2 Å². The van der Waals surface area contributed by atoms with Crippen molar-refractivity contribution in [1.82, 2.24) is 9.97 Å². The lowest BCUT2D eigenvalue weighted by molar-refractivity contribution is 0.190. The minimum atomic E-state index is 0.167. The van der Waals surface area contributed by atoms with Gasteiger partial charge in [0.2, 0.25) is 5.95 Å². The van der Waals surface area contributed by atoms with Crippen LogP contribution in [0.3, 0.4) is 0 Å². The Labute approximate surface area is 101 Å². The van der Waals surface area contributed by atoms with Crippen molar-refractivity contribution < 1.29 is 9.47 Å². The van der Waals surface area contributed by atoms with Crippen molar-refractivity contribution >= 4 is 17.6 Å². The zero-order chi connectivity index (χ0) is 12.7. The van der Waals surface area contributed by atoms with Gasteiger partial charge in [-0.3, -0.25) is 0 Å². The van der Waals surface area contributed by atoms with Crippen LogP contribution < -0.4 is 16.4 Å². The third-order valence-corrected chi connectivity index (χ3v) is 2.20. The molecule has 7 heteroatoms. The van der Waals surface area contributed by atoms with Crippen molar-refractivity contribution in [2.75, 3.05) is 56.9 Å². The molecule has 1 aromatic heterocycles. The molecule has 0 aromatic carbocycles. The average molecular weight is 241 g/mol. The van der Waals surface area contributed by atoms with Crippen LogP contribution >= 0.6 is 0 Å². The second-order valence-corrected chi connectivity index (χ2v) is 3.48. The minimum absolute atomic E-state index is 0.167. The van der Waals surface area contributed by atoms with E-state index >= 15 is 0 Å². The molecular formula is C10H19N5O2. The Kier molecular flexibility index (Phi) is 5.44. The highest BCUT2D eigenvalue weighted by molar-refractivity contribution is 5.50. The van der Waals surface area contributed by atoms with Gasteiger partial charge in [0.25, 0.3) is 0 Å². The molecule has 1 aromatic rings. The summed E-state index contributed by atoms with van der Waals surface area (Å²) in [6.45, 7) is 2.56. The smallest absolute Gasteiger partial charge is 0.223 e. The molecule has 0 radical (unpaired) electrons. The number of nitrogens with zero attached hydrogens (tertiary/aromatic N) is 3. The summed E-state index contributed by atoms with van der Waals surface area (Å²) in [6.07, 6.45) is 0. The van der Waals surface area contributed by atoms with Gasteiger partial charge in [0.15, 0.2) is 0 Å². The number of methoxy groups -OCH3 is 2. The molecule has 0 aliphatic heterocycles. The van der Waals surface area contributed by atoms with Crippen LogP contribution in [0.15, 0.2) is 6.07 Å². The van der Waals surface area contributed by atoms with Crippen LogP contribution in [-0.4, -0.2) is 50.5 Å². The van der Waals surface area contributed by atoms with Crippen molar-refractivity contribution in [2.24, 2.45) is 0 Å². The highest BCUT2D eigenvalue weighted by Crippen LogP contribution is 2.14. The van der Waals surface area contributed by atoms with E-state index in [2.05, 4.69) is 9.97 Å². The number of nitrogen functional groups attached to an aromatic ring is 2. The topological polar surface area (TPSA) is 99.5 Å². The van der Waals surface area contributed by atoms with Crippen molar-refractivity contribution in [3.8, 4) is 0 Å². The lowest BCUT2D eigenvalue weighted by Crippen LogP contribution is -2.31. The first-order chi connectivity index (χ1) is 8.17. The molecule has 0 amide bonds. The largest absolute Gasteiger partial charge is 0.383 e. The highest BCUT2D eigenvalue weighted by atomic mass is 16.5. The van der Waals surface area contributed by atoms with E-state index in [1.807, 2.05) is 4.90 Å². The van der Waals surface area contributed by atoms with Crippen LogP contribution in [-0.2, 0) is 9.47 Å². The Morgan fingerprint density at radius 2 is 1.71 bits per heavy atom. The summed E-state index contributed by atoms with van der Waals surface area (Å²) in [5.41, 5.74) is 11.2. The molecule has 0 spiro atoms. The maximum Gasteiger partial charge on any atom is 0.223 e. The molecule has 0 atom stereocenters. The van der Waals surface area contributed by atoms with Crippen molar-refractivity contribution in [3.63, 3.8) is 0 Å². The van der Waals surface area contributed by atoms with E-state index in [1.54, 1.807) is 20.3 Å². The molecule has 0 unspecified atom stereocenters. The van der Waals surface area contributed by atoms with Gasteiger partial charge in [-0.05, 0) is 0 Å². The second kappa shape index (κ2) is 6.87. The monoisotopic (exact) mass is 241 g/mol. The molecule has 96 valence electrons. The molecule has 0 saturated carbocycles. The molecule has 17 heavy (non-hydrogen) atoms. The first kappa shape index (κ1) is 13.5. The zero-order valence-electron chi connectivity index (χ0n) is 10.2. The predicted octanol–water partition coefficient (Wildman–Crippen LogP) is -0.260. The predicted molar refractivity (Wildman–Crippen MR) is 66.8 cm³/mol. The van der Waals surface area contributed by atoms with Gasteiger partial charge >= 0.3 is 0 Å². The fourth-order valence-corrected chi connectivity index (χ4v) is 1.38. The fourth-order valence-electron chi connectivity index (χ4n) is 1.38. The number of hydrogen-bond donors (Lipinski definition) is 2. The van der Waals surface area contributed by atoms with Crippen molar-refractivity contribution in [2.45, 2.75) is 0 Å². The van der Waals surface area contributed by atoms with Gasteiger partial charge in [-0.15, -0.1) is 0 Å². The molecular weight excluding hydrogens is 222 g/mol. The Morgan fingerprint density at radius 1 is 1.12 bits per heavy atom. The molecule has 0 fully saturated rings. The normalized spacial score (nSPS) is 10.5. The standard InChI is InChI=1S/C10H19N5O2/c1-16-5-3-15(4-6-17-2)9-7-8(11)13-10(12)14-9/h7H,3-6H2,1-2H3,(H4,11,12,13,14). The quantitative estimate of drug-likeness (QED) is 0.678. The van der Waals surface area contributed by atoms with Gasteiger partial charge in [-0.2, -0.15) is 9.97 Å². The van der Waals surface area contributed by atoms with Gasteiger partial charge in [0.1, 0.15) is 11.6 Å². The maximum absolute atomic E-state index is 5.63.